The third-order valence-electron chi connectivity index (χ3n) is 15.9. The number of carbonyl (C=O) groups is 5. The van der Waals surface area contributed by atoms with E-state index < -0.39 is 47.5 Å². The van der Waals surface area contributed by atoms with Crippen molar-refractivity contribution in [1.29, 1.82) is 0 Å². The normalized spacial score (nSPS) is 14.6. The number of benzene rings is 3. The summed E-state index contributed by atoms with van der Waals surface area (Å²) in [6.45, 7) is 15.9. The standard InChI is InChI=1S/C69H91N7O19/c1-5-21-84-24-26-86-28-30-88-32-34-90-36-38-92-39-37-91-35-33-89-31-29-87-27-25-85-23-19-62(77)74-60(40-49-43-71-58-12-9-8-11-53(49)58)65(79)72-47(4)64(78)73-50-15-13-48(14-16-50)45-95-68(82)70-20-10-22-93-51-17-18-59-54(41-51)52(6-2)55-44-76-61(63(55)75-59)42-57-56(66(76)80)46-94-67(81)69(57,83)7-3/h8-9,11-18,41-43,47,60,71,83H,5-7,10,19-40,44-46H2,1-4H3,(H,70,82)(H,72,79)(H,73,78)(H,74,77)/t47-,60-,69-/m0/s1. The first-order chi connectivity index (χ1) is 46.3. The van der Waals surface area contributed by atoms with Crippen molar-refractivity contribution in [1.82, 2.24) is 30.5 Å². The van der Waals surface area contributed by atoms with Crippen LogP contribution in [-0.4, -0.2) is 194 Å². The van der Waals surface area contributed by atoms with Gasteiger partial charge in [0.2, 0.25) is 17.7 Å². The molecule has 5 heterocycles. The number of rotatable bonds is 45. The summed E-state index contributed by atoms with van der Waals surface area (Å²) in [4.78, 5) is 87.7. The fraction of sp³-hybridized carbons (Fsp3) is 0.522. The molecule has 0 radical (unpaired) electrons. The molecule has 0 fully saturated rings. The van der Waals surface area contributed by atoms with E-state index >= 15 is 0 Å². The number of cyclic esters (lactones) is 1. The molecule has 6 aromatic rings. The fourth-order valence-electron chi connectivity index (χ4n) is 10.8. The minimum Gasteiger partial charge on any atom is -0.494 e. The van der Waals surface area contributed by atoms with Crippen LogP contribution in [0, 0.1) is 0 Å². The van der Waals surface area contributed by atoms with Crippen LogP contribution in [0.25, 0.3) is 33.2 Å². The molecule has 4 amide bonds. The van der Waals surface area contributed by atoms with E-state index in [0.29, 0.717) is 159 Å². The minimum atomic E-state index is -1.91. The molecule has 0 spiro atoms. The Morgan fingerprint density at radius 2 is 1.31 bits per heavy atom. The smallest absolute Gasteiger partial charge is 0.407 e. The van der Waals surface area contributed by atoms with Gasteiger partial charge in [-0.1, -0.05) is 51.1 Å². The predicted molar refractivity (Wildman–Crippen MR) is 351 cm³/mol. The maximum Gasteiger partial charge on any atom is 0.407 e. The number of nitrogens with zero attached hydrogens (tertiary/aromatic N) is 2. The molecule has 8 rings (SSSR count). The molecule has 0 saturated carbocycles. The van der Waals surface area contributed by atoms with Crippen LogP contribution in [0.4, 0.5) is 10.5 Å². The highest BCUT2D eigenvalue weighted by molar-refractivity contribution is 5.98. The summed E-state index contributed by atoms with van der Waals surface area (Å²) in [5.41, 5.74) is 4.91. The summed E-state index contributed by atoms with van der Waals surface area (Å²) in [5, 5.41) is 24.2. The van der Waals surface area contributed by atoms with E-state index in [4.69, 9.17) is 61.8 Å². The van der Waals surface area contributed by atoms with Crippen LogP contribution in [0.15, 0.2) is 83.8 Å². The number of hydrogen-bond donors (Lipinski definition) is 6. The first kappa shape index (κ1) is 72.9. The zero-order valence-corrected chi connectivity index (χ0v) is 54.9. The topological polar surface area (TPSA) is 315 Å². The Bertz CT molecular complexity index is 3510. The number of aromatic amines is 1. The molecule has 26 nitrogen and oxygen atoms in total. The van der Waals surface area contributed by atoms with Gasteiger partial charge in [-0.05, 0) is 91.8 Å². The van der Waals surface area contributed by atoms with Gasteiger partial charge in [0.15, 0.2) is 5.60 Å². The second-order valence-electron chi connectivity index (χ2n) is 22.6. The number of H-pyrrole nitrogens is 1. The van der Waals surface area contributed by atoms with Crippen LogP contribution >= 0.6 is 0 Å². The summed E-state index contributed by atoms with van der Waals surface area (Å²) >= 11 is 0. The first-order valence-corrected chi connectivity index (χ1v) is 32.7. The van der Waals surface area contributed by atoms with Gasteiger partial charge in [0, 0.05) is 65.3 Å². The number of ether oxygens (including phenoxy) is 12. The molecule has 0 saturated heterocycles. The van der Waals surface area contributed by atoms with E-state index in [9.17, 15) is 33.9 Å². The van der Waals surface area contributed by atoms with Gasteiger partial charge in [-0.2, -0.15) is 0 Å². The van der Waals surface area contributed by atoms with Gasteiger partial charge in [0.05, 0.1) is 148 Å². The Kier molecular flexibility index (Phi) is 29.6. The highest BCUT2D eigenvalue weighted by atomic mass is 16.6. The van der Waals surface area contributed by atoms with E-state index in [0.717, 1.165) is 46.0 Å². The average Bonchev–Trinajstić information content (AvgIpc) is 1.63. The number of alkyl carbamates (subject to hydrolysis) is 1. The van der Waals surface area contributed by atoms with E-state index in [1.807, 2.05) is 49.4 Å². The van der Waals surface area contributed by atoms with Crippen molar-refractivity contribution in [3.8, 4) is 17.1 Å². The molecule has 26 heteroatoms. The number of carbonyl (C=O) groups excluding carboxylic acids is 5. The molecule has 95 heavy (non-hydrogen) atoms. The largest absolute Gasteiger partial charge is 0.494 e. The van der Waals surface area contributed by atoms with Gasteiger partial charge in [0.1, 0.15) is 31.0 Å². The predicted octanol–water partition coefficient (Wildman–Crippen LogP) is 5.94. The number of aromatic nitrogens is 3. The monoisotopic (exact) mass is 1320 g/mol. The Hall–Kier alpha value is -7.89. The summed E-state index contributed by atoms with van der Waals surface area (Å²) in [7, 11) is 0. The lowest BCUT2D eigenvalue weighted by molar-refractivity contribution is -0.172. The van der Waals surface area contributed by atoms with Crippen molar-refractivity contribution < 1.29 is 85.9 Å². The Morgan fingerprint density at radius 3 is 1.92 bits per heavy atom. The molecule has 3 aromatic carbocycles. The highest BCUT2D eigenvalue weighted by Gasteiger charge is 2.45. The van der Waals surface area contributed by atoms with Crippen molar-refractivity contribution in [2.75, 3.05) is 137 Å². The highest BCUT2D eigenvalue weighted by Crippen LogP contribution is 2.41. The quantitative estimate of drug-likeness (QED) is 0.0190. The number of hydrogen-bond acceptors (Lipinski definition) is 20. The fourth-order valence-corrected chi connectivity index (χ4v) is 10.8. The summed E-state index contributed by atoms with van der Waals surface area (Å²) < 4.78 is 68.0. The van der Waals surface area contributed by atoms with Crippen molar-refractivity contribution in [2.45, 2.75) is 104 Å². The van der Waals surface area contributed by atoms with Gasteiger partial charge >= 0.3 is 12.1 Å². The van der Waals surface area contributed by atoms with E-state index in [1.165, 1.54) is 0 Å². The molecule has 3 atom stereocenters. The molecular formula is C69H91N7O19. The number of amides is 4. The minimum absolute atomic E-state index is 0.0139. The maximum atomic E-state index is 13.8. The van der Waals surface area contributed by atoms with Crippen LogP contribution in [-0.2, 0) is 109 Å². The summed E-state index contributed by atoms with van der Waals surface area (Å²) in [6.07, 6.45) is 3.51. The lowest BCUT2D eigenvalue weighted by Gasteiger charge is -2.31. The molecule has 516 valence electrons. The maximum absolute atomic E-state index is 13.8. The van der Waals surface area contributed by atoms with Gasteiger partial charge in [-0.25, -0.2) is 14.6 Å². The van der Waals surface area contributed by atoms with E-state index in [2.05, 4.69) is 33.2 Å². The molecule has 3 aromatic heterocycles. The van der Waals surface area contributed by atoms with Gasteiger partial charge in [-0.3, -0.25) is 19.2 Å². The molecule has 2 aliphatic heterocycles. The zero-order chi connectivity index (χ0) is 67.2. The number of aryl methyl sites for hydroxylation is 1. The number of nitrogens with one attached hydrogen (secondary N) is 5. The van der Waals surface area contributed by atoms with Crippen molar-refractivity contribution in [3.63, 3.8) is 0 Å². The molecule has 2 aliphatic rings. The number of esters is 1. The molecule has 0 unspecified atom stereocenters. The van der Waals surface area contributed by atoms with Crippen molar-refractivity contribution >= 4 is 57.3 Å². The SMILES string of the molecule is CCCOCCOCCOCCOCCOCCOCCOCCOCCOCCC(=O)N[C@@H](Cc1c[nH]c2ccccc12)C(=O)N[C@@H](C)C(=O)Nc1ccc(COC(=O)NCCCOc2ccc3nc4c(c(CC)c3c2)Cn2c-4cc3c(c2=O)COC(=O)[C@]3(O)CC)cc1. The number of pyridine rings is 2. The Morgan fingerprint density at radius 1 is 0.695 bits per heavy atom. The second kappa shape index (κ2) is 38.6. The Labute approximate surface area is 552 Å². The number of fused-ring (bicyclic) bond motifs is 6. The lowest BCUT2D eigenvalue weighted by atomic mass is 9.86. The molecule has 6 N–H and O–H groups in total. The zero-order valence-electron chi connectivity index (χ0n) is 54.9. The van der Waals surface area contributed by atoms with Crippen molar-refractivity contribution in [2.24, 2.45) is 0 Å². The van der Waals surface area contributed by atoms with E-state index in [-0.39, 0.29) is 68.9 Å². The Balaban J connectivity index is 0.668. The van der Waals surface area contributed by atoms with Crippen LogP contribution in [0.3, 0.4) is 0 Å². The first-order valence-electron chi connectivity index (χ1n) is 32.7. The van der Waals surface area contributed by atoms with Crippen LogP contribution in [0.2, 0.25) is 0 Å². The number of aliphatic hydroxyl groups is 1. The molecule has 0 aliphatic carbocycles. The molecular weight excluding hydrogens is 1230 g/mol. The average molecular weight is 1320 g/mol. The summed E-state index contributed by atoms with van der Waals surface area (Å²) in [6, 6.07) is 19.7. The van der Waals surface area contributed by atoms with Crippen LogP contribution < -0.4 is 31.6 Å². The van der Waals surface area contributed by atoms with Crippen LogP contribution in [0.5, 0.6) is 5.75 Å². The third kappa shape index (κ3) is 21.6. The lowest BCUT2D eigenvalue weighted by Crippen LogP contribution is -2.52. The third-order valence-corrected chi connectivity index (χ3v) is 15.9. The number of anilines is 1. The number of para-hydroxylation sites is 1. The second-order valence-corrected chi connectivity index (χ2v) is 22.6. The summed E-state index contributed by atoms with van der Waals surface area (Å²) in [5.74, 6) is -1.60. The van der Waals surface area contributed by atoms with Crippen molar-refractivity contribution in [3.05, 3.63) is 123 Å². The van der Waals surface area contributed by atoms with Gasteiger partial charge in [-0.15, -0.1) is 0 Å². The van der Waals surface area contributed by atoms with Crippen LogP contribution in [0.1, 0.15) is 86.8 Å². The van der Waals surface area contributed by atoms with E-state index in [1.54, 1.807) is 54.9 Å². The van der Waals surface area contributed by atoms with Gasteiger partial charge in [0.25, 0.3) is 5.56 Å². The van der Waals surface area contributed by atoms with Gasteiger partial charge < -0.3 is 92.8 Å². The molecule has 0 bridgehead atoms.